The van der Waals surface area contributed by atoms with Crippen molar-refractivity contribution >= 4 is 23.5 Å². The van der Waals surface area contributed by atoms with E-state index in [1.54, 1.807) is 24.3 Å². The number of aromatic nitrogens is 2. The number of para-hydroxylation sites is 1. The Kier molecular flexibility index (Phi) is 4.42. The maximum atomic E-state index is 12.1. The van der Waals surface area contributed by atoms with E-state index in [-0.39, 0.29) is 17.8 Å². The normalized spacial score (nSPS) is 10.0. The van der Waals surface area contributed by atoms with Crippen LogP contribution >= 0.6 is 0 Å². The minimum Gasteiger partial charge on any atom is -0.476 e. The van der Waals surface area contributed by atoms with Crippen molar-refractivity contribution in [2.24, 2.45) is 5.73 Å². The van der Waals surface area contributed by atoms with E-state index in [0.717, 1.165) is 12.4 Å². The van der Waals surface area contributed by atoms with Crippen LogP contribution in [0.4, 0.5) is 5.69 Å². The second-order valence-electron chi connectivity index (χ2n) is 4.35. The van der Waals surface area contributed by atoms with Gasteiger partial charge < -0.3 is 16.2 Å². The highest BCUT2D eigenvalue weighted by Gasteiger charge is 2.13. The van der Waals surface area contributed by atoms with Crippen molar-refractivity contribution < 1.29 is 19.5 Å². The van der Waals surface area contributed by atoms with Crippen molar-refractivity contribution in [3.8, 4) is 0 Å². The first-order chi connectivity index (χ1) is 10.5. The molecule has 0 aliphatic rings. The summed E-state index contributed by atoms with van der Waals surface area (Å²) in [6.07, 6.45) is 2.04. The van der Waals surface area contributed by atoms with Gasteiger partial charge in [-0.2, -0.15) is 0 Å². The first-order valence-electron chi connectivity index (χ1n) is 6.20. The van der Waals surface area contributed by atoms with Gasteiger partial charge in [-0.3, -0.25) is 9.59 Å². The third kappa shape index (κ3) is 3.63. The number of amides is 2. The first kappa shape index (κ1) is 15.1. The third-order valence-corrected chi connectivity index (χ3v) is 2.73. The number of carboxylic acids is 1. The molecule has 1 aromatic carbocycles. The maximum absolute atomic E-state index is 12.1. The molecule has 112 valence electrons. The maximum Gasteiger partial charge on any atom is 0.356 e. The molecule has 4 N–H and O–H groups in total. The van der Waals surface area contributed by atoms with Gasteiger partial charge in [0.2, 0.25) is 5.91 Å². The van der Waals surface area contributed by atoms with Crippen LogP contribution in [0.3, 0.4) is 0 Å². The molecule has 0 saturated carbocycles. The Balaban J connectivity index is 2.18. The van der Waals surface area contributed by atoms with Crippen LogP contribution in [0, 0.1) is 0 Å². The van der Waals surface area contributed by atoms with E-state index in [1.807, 2.05) is 0 Å². The molecular formula is C14H12N4O4. The number of rotatable bonds is 5. The van der Waals surface area contributed by atoms with Crippen molar-refractivity contribution in [2.45, 2.75) is 6.42 Å². The van der Waals surface area contributed by atoms with Crippen molar-refractivity contribution in [1.82, 2.24) is 9.97 Å². The number of aromatic carboxylic acids is 1. The Hall–Kier alpha value is -3.29. The predicted molar refractivity (Wildman–Crippen MR) is 76.3 cm³/mol. The molecule has 2 rings (SSSR count). The lowest BCUT2D eigenvalue weighted by molar-refractivity contribution is -0.117. The van der Waals surface area contributed by atoms with E-state index < -0.39 is 17.8 Å². The molecule has 8 heteroatoms. The van der Waals surface area contributed by atoms with Crippen molar-refractivity contribution in [2.75, 3.05) is 5.32 Å². The number of carboxylic acid groups (broad SMARTS) is 1. The quantitative estimate of drug-likeness (QED) is 0.733. The lowest BCUT2D eigenvalue weighted by Gasteiger charge is -2.09. The van der Waals surface area contributed by atoms with Gasteiger partial charge in [0.25, 0.3) is 5.91 Å². The van der Waals surface area contributed by atoms with Crippen LogP contribution in [0.5, 0.6) is 0 Å². The summed E-state index contributed by atoms with van der Waals surface area (Å²) in [7, 11) is 0. The zero-order valence-corrected chi connectivity index (χ0v) is 11.3. The van der Waals surface area contributed by atoms with Gasteiger partial charge in [0.15, 0.2) is 5.69 Å². The molecular weight excluding hydrogens is 288 g/mol. The molecule has 0 spiro atoms. The SMILES string of the molecule is NC(=O)Cc1ccccc1NC(=O)c1cnc(C(=O)O)cn1. The summed E-state index contributed by atoms with van der Waals surface area (Å²) < 4.78 is 0. The highest BCUT2D eigenvalue weighted by Crippen LogP contribution is 2.16. The second-order valence-corrected chi connectivity index (χ2v) is 4.35. The molecule has 2 aromatic rings. The number of nitrogens with two attached hydrogens (primary N) is 1. The molecule has 0 atom stereocenters. The van der Waals surface area contributed by atoms with Gasteiger partial charge in [0.05, 0.1) is 18.8 Å². The van der Waals surface area contributed by atoms with E-state index in [4.69, 9.17) is 10.8 Å². The van der Waals surface area contributed by atoms with Gasteiger partial charge in [0.1, 0.15) is 5.69 Å². The van der Waals surface area contributed by atoms with Crippen molar-refractivity contribution in [3.63, 3.8) is 0 Å². The molecule has 1 heterocycles. The topological polar surface area (TPSA) is 135 Å². The van der Waals surface area contributed by atoms with Gasteiger partial charge in [-0.25, -0.2) is 14.8 Å². The summed E-state index contributed by atoms with van der Waals surface area (Å²) in [4.78, 5) is 41.1. The summed E-state index contributed by atoms with van der Waals surface area (Å²) in [6, 6.07) is 6.70. The molecule has 0 saturated heterocycles. The van der Waals surface area contributed by atoms with Crippen LogP contribution in [0.25, 0.3) is 0 Å². The largest absolute Gasteiger partial charge is 0.476 e. The Morgan fingerprint density at radius 3 is 2.32 bits per heavy atom. The molecule has 0 fully saturated rings. The third-order valence-electron chi connectivity index (χ3n) is 2.73. The Labute approximate surface area is 125 Å². The smallest absolute Gasteiger partial charge is 0.356 e. The monoisotopic (exact) mass is 300 g/mol. The Bertz CT molecular complexity index is 728. The Morgan fingerprint density at radius 2 is 1.73 bits per heavy atom. The Morgan fingerprint density at radius 1 is 1.09 bits per heavy atom. The number of carbonyl (C=O) groups is 3. The number of hydrogen-bond acceptors (Lipinski definition) is 5. The molecule has 0 radical (unpaired) electrons. The average molecular weight is 300 g/mol. The molecule has 8 nitrogen and oxygen atoms in total. The van der Waals surface area contributed by atoms with Crippen molar-refractivity contribution in [1.29, 1.82) is 0 Å². The highest BCUT2D eigenvalue weighted by atomic mass is 16.4. The fraction of sp³-hybridized carbons (Fsp3) is 0.0714. The number of nitrogens with zero attached hydrogens (tertiary/aromatic N) is 2. The van der Waals surface area contributed by atoms with Crippen LogP contribution in [-0.2, 0) is 11.2 Å². The molecule has 22 heavy (non-hydrogen) atoms. The van der Waals surface area contributed by atoms with E-state index in [9.17, 15) is 14.4 Å². The average Bonchev–Trinajstić information content (AvgIpc) is 2.48. The van der Waals surface area contributed by atoms with Gasteiger partial charge >= 0.3 is 5.97 Å². The summed E-state index contributed by atoms with van der Waals surface area (Å²) in [5, 5.41) is 11.3. The molecule has 0 unspecified atom stereocenters. The van der Waals surface area contributed by atoms with Gasteiger partial charge in [0, 0.05) is 5.69 Å². The van der Waals surface area contributed by atoms with Crippen LogP contribution in [-0.4, -0.2) is 32.9 Å². The number of nitrogens with one attached hydrogen (secondary N) is 1. The van der Waals surface area contributed by atoms with Gasteiger partial charge in [-0.15, -0.1) is 0 Å². The zero-order valence-electron chi connectivity index (χ0n) is 11.3. The van der Waals surface area contributed by atoms with Crippen LogP contribution in [0.1, 0.15) is 26.5 Å². The number of hydrogen-bond donors (Lipinski definition) is 3. The summed E-state index contributed by atoms with van der Waals surface area (Å²) in [6.45, 7) is 0. The molecule has 0 aliphatic heterocycles. The number of benzene rings is 1. The fourth-order valence-electron chi connectivity index (χ4n) is 1.73. The molecule has 0 aliphatic carbocycles. The fourth-order valence-corrected chi connectivity index (χ4v) is 1.73. The van der Waals surface area contributed by atoms with Crippen molar-refractivity contribution in [3.05, 3.63) is 53.6 Å². The molecule has 2 amide bonds. The van der Waals surface area contributed by atoms with Gasteiger partial charge in [-0.1, -0.05) is 18.2 Å². The standard InChI is InChI=1S/C14H12N4O4/c15-12(19)5-8-3-1-2-4-9(8)18-13(20)10-6-17-11(7-16-10)14(21)22/h1-4,6-7H,5H2,(H2,15,19)(H,18,20)(H,21,22). The van der Waals surface area contributed by atoms with E-state index in [2.05, 4.69) is 15.3 Å². The van der Waals surface area contributed by atoms with E-state index in [1.165, 1.54) is 0 Å². The summed E-state index contributed by atoms with van der Waals surface area (Å²) in [5.74, 6) is -2.32. The molecule has 0 bridgehead atoms. The predicted octanol–water partition coefficient (Wildman–Crippen LogP) is 0.455. The summed E-state index contributed by atoms with van der Waals surface area (Å²) >= 11 is 0. The minimum absolute atomic E-state index is 0.0138. The van der Waals surface area contributed by atoms with Crippen LogP contribution in [0.15, 0.2) is 36.7 Å². The first-order valence-corrected chi connectivity index (χ1v) is 6.20. The van der Waals surface area contributed by atoms with E-state index >= 15 is 0 Å². The summed E-state index contributed by atoms with van der Waals surface area (Å²) in [5.41, 5.74) is 5.84. The lowest BCUT2D eigenvalue weighted by Crippen LogP contribution is -2.18. The molecule has 1 aromatic heterocycles. The second kappa shape index (κ2) is 6.44. The number of anilines is 1. The van der Waals surface area contributed by atoms with Gasteiger partial charge in [-0.05, 0) is 11.6 Å². The number of carbonyl (C=O) groups excluding carboxylic acids is 2. The zero-order chi connectivity index (χ0) is 16.1. The highest BCUT2D eigenvalue weighted by molar-refractivity contribution is 6.03. The lowest BCUT2D eigenvalue weighted by atomic mass is 10.1. The van der Waals surface area contributed by atoms with Crippen LogP contribution in [0.2, 0.25) is 0 Å². The van der Waals surface area contributed by atoms with E-state index in [0.29, 0.717) is 11.3 Å². The number of primary amides is 1. The van der Waals surface area contributed by atoms with Crippen LogP contribution < -0.4 is 11.1 Å². The minimum atomic E-state index is -1.23.